The summed E-state index contributed by atoms with van der Waals surface area (Å²) >= 11 is 15.5. The molecule has 1 aliphatic rings. The third-order valence-corrected chi connectivity index (χ3v) is 6.19. The Kier molecular flexibility index (Phi) is 4.62. The van der Waals surface area contributed by atoms with E-state index in [2.05, 4.69) is 4.98 Å². The van der Waals surface area contributed by atoms with Gasteiger partial charge in [0.05, 0.1) is 41.3 Å². The molecule has 2 radical (unpaired) electrons. The third-order valence-electron chi connectivity index (χ3n) is 3.44. The van der Waals surface area contributed by atoms with E-state index in [1.807, 2.05) is 13.8 Å². The molecule has 0 spiro atoms. The highest BCUT2D eigenvalue weighted by Gasteiger charge is 2.38. The minimum Gasteiger partial charge on any atom is -0.505 e. The number of aliphatic hydroxyl groups excluding tert-OH is 1. The maximum atomic E-state index is 10.7. The first-order chi connectivity index (χ1) is 10.9. The van der Waals surface area contributed by atoms with E-state index < -0.39 is 0 Å². The Morgan fingerprint density at radius 2 is 2.00 bits per heavy atom. The lowest BCUT2D eigenvalue weighted by Crippen LogP contribution is -2.19. The predicted molar refractivity (Wildman–Crippen MR) is 99.9 cm³/mol. The van der Waals surface area contributed by atoms with Gasteiger partial charge in [-0.2, -0.15) is 0 Å². The molecule has 1 N–H and O–H groups in total. The molecule has 0 atom stereocenters. The van der Waals surface area contributed by atoms with Crippen LogP contribution in [0.15, 0.2) is 17.6 Å². The van der Waals surface area contributed by atoms with Crippen molar-refractivity contribution < 1.29 is 9.84 Å². The Labute approximate surface area is 154 Å². The Balaban J connectivity index is 2.28. The molecule has 0 aliphatic carbocycles. The molecule has 23 heavy (non-hydrogen) atoms. The lowest BCUT2D eigenvalue weighted by atomic mass is 10.1. The van der Waals surface area contributed by atoms with E-state index in [4.69, 9.17) is 35.8 Å². The van der Waals surface area contributed by atoms with Gasteiger partial charge in [0.15, 0.2) is 0 Å². The first-order valence-corrected chi connectivity index (χ1v) is 9.20. The van der Waals surface area contributed by atoms with E-state index in [0.717, 1.165) is 10.6 Å². The van der Waals surface area contributed by atoms with Gasteiger partial charge >= 0.3 is 0 Å². The summed E-state index contributed by atoms with van der Waals surface area (Å²) in [5.41, 5.74) is 3.13. The Morgan fingerprint density at radius 3 is 2.70 bits per heavy atom. The van der Waals surface area contributed by atoms with Crippen molar-refractivity contribution in [3.05, 3.63) is 43.8 Å². The van der Waals surface area contributed by atoms with Crippen molar-refractivity contribution in [1.29, 1.82) is 0 Å². The van der Waals surface area contributed by atoms with Crippen molar-refractivity contribution in [2.24, 2.45) is 0 Å². The van der Waals surface area contributed by atoms with E-state index in [1.54, 1.807) is 17.6 Å². The average molecular weight is 384 g/mol. The molecule has 118 valence electrons. The lowest BCUT2D eigenvalue weighted by Gasteiger charge is -2.30. The Bertz CT molecular complexity index is 805. The molecule has 3 rings (SSSR count). The molecule has 0 bridgehead atoms. The number of hydrogen-bond acceptors (Lipinski definition) is 5. The second-order valence-electron chi connectivity index (χ2n) is 5.36. The second-order valence-corrected chi connectivity index (χ2v) is 8.67. The standard InChI is InChI=1S/C15H12BCl2NO2S2/c1-15(2)14-13(22-6-19-14)10(20)12(23-15)9-7(17)3-4-8(18)11(9)21-5-16/h3-4,6,20H,5H2,1-2H3. The minimum absolute atomic E-state index is 0.0407. The fourth-order valence-electron chi connectivity index (χ4n) is 2.44. The Morgan fingerprint density at radius 1 is 1.30 bits per heavy atom. The molecule has 2 heterocycles. The molecule has 1 aromatic heterocycles. The molecule has 0 saturated carbocycles. The van der Waals surface area contributed by atoms with Crippen molar-refractivity contribution in [3.8, 4) is 5.75 Å². The van der Waals surface area contributed by atoms with Crippen molar-refractivity contribution in [3.63, 3.8) is 0 Å². The predicted octanol–water partition coefficient (Wildman–Crippen LogP) is 5.32. The van der Waals surface area contributed by atoms with Crippen molar-refractivity contribution >= 4 is 64.8 Å². The lowest BCUT2D eigenvalue weighted by molar-refractivity contribution is 0.386. The summed E-state index contributed by atoms with van der Waals surface area (Å²) in [4.78, 5) is 5.73. The fourth-order valence-corrected chi connectivity index (χ4v) is 5.24. The highest BCUT2D eigenvalue weighted by atomic mass is 35.5. The molecular formula is C15H12BCl2NO2S2. The number of aliphatic hydroxyl groups is 1. The monoisotopic (exact) mass is 383 g/mol. The fraction of sp³-hybridized carbons (Fsp3) is 0.267. The summed E-state index contributed by atoms with van der Waals surface area (Å²) in [5, 5.41) is 11.6. The van der Waals surface area contributed by atoms with E-state index in [-0.39, 0.29) is 17.0 Å². The second kappa shape index (κ2) is 6.24. The highest BCUT2D eigenvalue weighted by molar-refractivity contribution is 8.09. The smallest absolute Gasteiger partial charge is 0.149 e. The van der Waals surface area contributed by atoms with E-state index in [1.165, 1.54) is 23.1 Å². The number of nitrogens with zero attached hydrogens (tertiary/aromatic N) is 1. The molecule has 1 aliphatic heterocycles. The number of ether oxygens (including phenoxy) is 1. The zero-order valence-electron chi connectivity index (χ0n) is 12.4. The number of halogens is 2. The van der Waals surface area contributed by atoms with Gasteiger partial charge < -0.3 is 9.84 Å². The number of aromatic nitrogens is 1. The van der Waals surface area contributed by atoms with Crippen LogP contribution in [0.4, 0.5) is 0 Å². The van der Waals surface area contributed by atoms with Gasteiger partial charge in [-0.1, -0.05) is 23.2 Å². The molecule has 0 saturated heterocycles. The summed E-state index contributed by atoms with van der Waals surface area (Å²) in [7, 11) is 5.51. The first kappa shape index (κ1) is 17.0. The summed E-state index contributed by atoms with van der Waals surface area (Å²) in [6.07, 6.45) is 0. The van der Waals surface area contributed by atoms with Crippen LogP contribution >= 0.6 is 46.3 Å². The molecule has 1 aromatic carbocycles. The van der Waals surface area contributed by atoms with Gasteiger partial charge in [0.25, 0.3) is 0 Å². The number of benzene rings is 1. The van der Waals surface area contributed by atoms with Crippen molar-refractivity contribution in [2.75, 3.05) is 6.51 Å². The van der Waals surface area contributed by atoms with E-state index in [0.29, 0.717) is 26.3 Å². The number of thiazole rings is 1. The van der Waals surface area contributed by atoms with Gasteiger partial charge in [-0.25, -0.2) is 4.98 Å². The van der Waals surface area contributed by atoms with E-state index in [9.17, 15) is 5.11 Å². The zero-order valence-corrected chi connectivity index (χ0v) is 15.5. The van der Waals surface area contributed by atoms with Crippen LogP contribution in [0.3, 0.4) is 0 Å². The van der Waals surface area contributed by atoms with Crippen LogP contribution in [0, 0.1) is 0 Å². The van der Waals surface area contributed by atoms with Gasteiger partial charge in [-0.3, -0.25) is 0 Å². The maximum Gasteiger partial charge on any atom is 0.149 e. The van der Waals surface area contributed by atoms with Crippen molar-refractivity contribution in [1.82, 2.24) is 4.98 Å². The molecular weight excluding hydrogens is 372 g/mol. The molecule has 0 amide bonds. The van der Waals surface area contributed by atoms with Gasteiger partial charge in [0.2, 0.25) is 0 Å². The largest absolute Gasteiger partial charge is 0.505 e. The molecule has 8 heteroatoms. The summed E-state index contributed by atoms with van der Waals surface area (Å²) in [5.74, 6) is 0.511. The van der Waals surface area contributed by atoms with Gasteiger partial charge in [0.1, 0.15) is 19.4 Å². The number of fused-ring (bicyclic) bond motifs is 1. The topological polar surface area (TPSA) is 42.4 Å². The van der Waals surface area contributed by atoms with Crippen LogP contribution in [-0.4, -0.2) is 24.4 Å². The van der Waals surface area contributed by atoms with E-state index >= 15 is 0 Å². The molecule has 0 fully saturated rings. The normalized spacial score (nSPS) is 16.3. The van der Waals surface area contributed by atoms with Crippen LogP contribution < -0.4 is 4.74 Å². The SMILES string of the molecule is [B]COc1c(Cl)ccc(Cl)c1C1=C(O)c2scnc2C(C)(C)S1. The van der Waals surface area contributed by atoms with Gasteiger partial charge in [0, 0.05) is 6.51 Å². The van der Waals surface area contributed by atoms with Gasteiger partial charge in [-0.15, -0.1) is 23.1 Å². The number of thioether (sulfide) groups is 1. The quantitative estimate of drug-likeness (QED) is 0.728. The molecule has 2 aromatic rings. The average Bonchev–Trinajstić information content (AvgIpc) is 2.99. The van der Waals surface area contributed by atoms with Crippen molar-refractivity contribution in [2.45, 2.75) is 18.6 Å². The van der Waals surface area contributed by atoms with Gasteiger partial charge in [-0.05, 0) is 26.0 Å². The third kappa shape index (κ3) is 2.86. The number of hydrogen-bond donors (Lipinski definition) is 1. The van der Waals surface area contributed by atoms with Crippen LogP contribution in [0.25, 0.3) is 10.7 Å². The minimum atomic E-state index is -0.317. The van der Waals surface area contributed by atoms with Crippen LogP contribution in [0.2, 0.25) is 10.0 Å². The highest BCUT2D eigenvalue weighted by Crippen LogP contribution is 2.56. The first-order valence-electron chi connectivity index (χ1n) is 6.74. The zero-order chi connectivity index (χ0) is 16.8. The Hall–Kier alpha value is -0.815. The van der Waals surface area contributed by atoms with Crippen LogP contribution in [0.5, 0.6) is 5.75 Å². The summed E-state index contributed by atoms with van der Waals surface area (Å²) in [6.45, 7) is 4.05. The molecule has 0 unspecified atom stereocenters. The molecule has 3 nitrogen and oxygen atoms in total. The van der Waals surface area contributed by atoms with Crippen LogP contribution in [0.1, 0.15) is 30.0 Å². The van der Waals surface area contributed by atoms with Crippen LogP contribution in [-0.2, 0) is 4.75 Å². The summed E-state index contributed by atoms with van der Waals surface area (Å²) < 4.78 is 5.16. The number of rotatable bonds is 3. The summed E-state index contributed by atoms with van der Waals surface area (Å²) in [6, 6.07) is 3.32. The maximum absolute atomic E-state index is 10.7.